The van der Waals surface area contributed by atoms with Crippen LogP contribution in [0.2, 0.25) is 0 Å². The minimum Gasteiger partial charge on any atom is -0.394 e. The predicted molar refractivity (Wildman–Crippen MR) is 79.9 cm³/mol. The highest BCUT2D eigenvalue weighted by Gasteiger charge is 2.16. The largest absolute Gasteiger partial charge is 0.394 e. The van der Waals surface area contributed by atoms with Crippen molar-refractivity contribution < 1.29 is 9.90 Å². The summed E-state index contributed by atoms with van der Waals surface area (Å²) in [5.74, 6) is -0.320. The minimum absolute atomic E-state index is 0.165. The van der Waals surface area contributed by atoms with E-state index in [1.165, 1.54) is 11.9 Å². The van der Waals surface area contributed by atoms with Crippen LogP contribution in [0.1, 0.15) is 40.3 Å². The summed E-state index contributed by atoms with van der Waals surface area (Å²) in [5, 5.41) is 12.3. The topological polar surface area (TPSA) is 75.1 Å². The summed E-state index contributed by atoms with van der Waals surface area (Å²) in [4.78, 5) is 20.1. The molecular formula is C16H19N3O2. The molecule has 1 heterocycles. The zero-order valence-electron chi connectivity index (χ0n) is 12.2. The molecule has 1 atom stereocenters. The second-order valence-electron chi connectivity index (χ2n) is 4.85. The minimum atomic E-state index is -0.446. The molecule has 1 aromatic carbocycles. The molecule has 0 bridgehead atoms. The van der Waals surface area contributed by atoms with Crippen LogP contribution in [0, 0.1) is 6.92 Å². The summed E-state index contributed by atoms with van der Waals surface area (Å²) in [7, 11) is 0. The van der Waals surface area contributed by atoms with Crippen molar-refractivity contribution in [1.29, 1.82) is 0 Å². The molecule has 0 radical (unpaired) electrons. The van der Waals surface area contributed by atoms with Gasteiger partial charge in [-0.2, -0.15) is 0 Å². The molecule has 0 saturated carbocycles. The number of carbonyl (C=O) groups excluding carboxylic acids is 1. The Balaban J connectivity index is 2.12. The van der Waals surface area contributed by atoms with Crippen molar-refractivity contribution in [2.24, 2.45) is 0 Å². The van der Waals surface area contributed by atoms with E-state index in [2.05, 4.69) is 22.2 Å². The number of benzene rings is 1. The maximum Gasteiger partial charge on any atom is 0.270 e. The third kappa shape index (κ3) is 3.86. The Labute approximate surface area is 124 Å². The van der Waals surface area contributed by atoms with Gasteiger partial charge in [-0.15, -0.1) is 0 Å². The normalized spacial score (nSPS) is 12.0. The van der Waals surface area contributed by atoms with Crippen molar-refractivity contribution in [3.63, 3.8) is 0 Å². The van der Waals surface area contributed by atoms with Gasteiger partial charge < -0.3 is 10.4 Å². The fourth-order valence-corrected chi connectivity index (χ4v) is 2.03. The first kappa shape index (κ1) is 15.1. The number of nitrogens with one attached hydrogen (secondary N) is 1. The van der Waals surface area contributed by atoms with Gasteiger partial charge in [0.15, 0.2) is 0 Å². The number of carbonyl (C=O) groups is 1. The SMILES string of the molecule is CCc1ccc(C(CO)NC(=O)c2cc(C)ncn2)cc1. The highest BCUT2D eigenvalue weighted by Crippen LogP contribution is 2.14. The lowest BCUT2D eigenvalue weighted by molar-refractivity contribution is 0.0911. The van der Waals surface area contributed by atoms with E-state index < -0.39 is 6.04 Å². The van der Waals surface area contributed by atoms with Crippen molar-refractivity contribution in [2.45, 2.75) is 26.3 Å². The summed E-state index contributed by atoms with van der Waals surface area (Å²) in [6.07, 6.45) is 2.31. The van der Waals surface area contributed by atoms with E-state index in [1.807, 2.05) is 24.3 Å². The summed E-state index contributed by atoms with van der Waals surface area (Å²) >= 11 is 0. The second kappa shape index (κ2) is 6.95. The van der Waals surface area contributed by atoms with E-state index in [1.54, 1.807) is 13.0 Å². The van der Waals surface area contributed by atoms with Crippen LogP contribution in [0.4, 0.5) is 0 Å². The fourth-order valence-electron chi connectivity index (χ4n) is 2.03. The number of aliphatic hydroxyl groups is 1. The number of aryl methyl sites for hydroxylation is 2. The van der Waals surface area contributed by atoms with Crippen molar-refractivity contribution in [2.75, 3.05) is 6.61 Å². The molecule has 5 heteroatoms. The summed E-state index contributed by atoms with van der Waals surface area (Å²) in [5.41, 5.74) is 3.11. The molecule has 0 saturated heterocycles. The standard InChI is InChI=1S/C16H19N3O2/c1-3-12-4-6-13(7-5-12)15(9-20)19-16(21)14-8-11(2)17-10-18-14/h4-8,10,15,20H,3,9H2,1-2H3,(H,19,21). The lowest BCUT2D eigenvalue weighted by Gasteiger charge is -2.17. The number of amides is 1. The molecule has 0 spiro atoms. The van der Waals surface area contributed by atoms with Crippen molar-refractivity contribution in [3.8, 4) is 0 Å². The zero-order valence-corrected chi connectivity index (χ0v) is 12.2. The van der Waals surface area contributed by atoms with Gasteiger partial charge in [0.05, 0.1) is 12.6 Å². The molecular weight excluding hydrogens is 266 g/mol. The van der Waals surface area contributed by atoms with Crippen LogP contribution in [0.15, 0.2) is 36.7 Å². The van der Waals surface area contributed by atoms with Gasteiger partial charge in [0.1, 0.15) is 12.0 Å². The Morgan fingerprint density at radius 3 is 2.57 bits per heavy atom. The van der Waals surface area contributed by atoms with Gasteiger partial charge in [-0.1, -0.05) is 31.2 Å². The molecule has 0 fully saturated rings. The van der Waals surface area contributed by atoms with E-state index in [0.717, 1.165) is 17.7 Å². The highest BCUT2D eigenvalue weighted by molar-refractivity contribution is 5.92. The van der Waals surface area contributed by atoms with Crippen LogP contribution in [-0.2, 0) is 6.42 Å². The van der Waals surface area contributed by atoms with Crippen LogP contribution >= 0.6 is 0 Å². The van der Waals surface area contributed by atoms with Gasteiger partial charge in [0.2, 0.25) is 0 Å². The second-order valence-corrected chi connectivity index (χ2v) is 4.85. The van der Waals surface area contributed by atoms with E-state index in [-0.39, 0.29) is 12.5 Å². The number of hydrogen-bond donors (Lipinski definition) is 2. The van der Waals surface area contributed by atoms with E-state index in [0.29, 0.717) is 5.69 Å². The number of aromatic nitrogens is 2. The first-order valence-electron chi connectivity index (χ1n) is 6.93. The smallest absolute Gasteiger partial charge is 0.270 e. The van der Waals surface area contributed by atoms with Crippen molar-refractivity contribution in [3.05, 3.63) is 59.2 Å². The predicted octanol–water partition coefficient (Wildman–Crippen LogP) is 1.81. The molecule has 2 aromatic rings. The Kier molecular flexibility index (Phi) is 5.00. The third-order valence-corrected chi connectivity index (χ3v) is 3.31. The Morgan fingerprint density at radius 1 is 1.29 bits per heavy atom. The molecule has 1 unspecified atom stereocenters. The van der Waals surface area contributed by atoms with Gasteiger partial charge in [-0.3, -0.25) is 4.79 Å². The molecule has 2 rings (SSSR count). The maximum atomic E-state index is 12.2. The molecule has 2 N–H and O–H groups in total. The van der Waals surface area contributed by atoms with Crippen LogP contribution < -0.4 is 5.32 Å². The van der Waals surface area contributed by atoms with Crippen molar-refractivity contribution in [1.82, 2.24) is 15.3 Å². The molecule has 5 nitrogen and oxygen atoms in total. The number of nitrogens with zero attached hydrogens (tertiary/aromatic N) is 2. The Morgan fingerprint density at radius 2 is 2.00 bits per heavy atom. The fraction of sp³-hybridized carbons (Fsp3) is 0.312. The molecule has 21 heavy (non-hydrogen) atoms. The average molecular weight is 285 g/mol. The first-order valence-corrected chi connectivity index (χ1v) is 6.93. The Bertz CT molecular complexity index is 611. The molecule has 0 aliphatic rings. The zero-order chi connectivity index (χ0) is 15.2. The van der Waals surface area contributed by atoms with Crippen LogP contribution in [0.3, 0.4) is 0 Å². The Hall–Kier alpha value is -2.27. The van der Waals surface area contributed by atoms with Crippen LogP contribution in [0.25, 0.3) is 0 Å². The van der Waals surface area contributed by atoms with Gasteiger partial charge in [-0.25, -0.2) is 9.97 Å². The van der Waals surface area contributed by atoms with Crippen molar-refractivity contribution >= 4 is 5.91 Å². The summed E-state index contributed by atoms with van der Waals surface area (Å²) < 4.78 is 0. The van der Waals surface area contributed by atoms with E-state index in [4.69, 9.17) is 0 Å². The van der Waals surface area contributed by atoms with E-state index in [9.17, 15) is 9.90 Å². The monoisotopic (exact) mass is 285 g/mol. The van der Waals surface area contributed by atoms with Gasteiger partial charge in [-0.05, 0) is 30.5 Å². The molecule has 110 valence electrons. The number of hydrogen-bond acceptors (Lipinski definition) is 4. The first-order chi connectivity index (χ1) is 10.1. The lowest BCUT2D eigenvalue weighted by atomic mass is 10.0. The molecule has 0 aliphatic heterocycles. The maximum absolute atomic E-state index is 12.2. The summed E-state index contributed by atoms with van der Waals surface area (Å²) in [6.45, 7) is 3.71. The lowest BCUT2D eigenvalue weighted by Crippen LogP contribution is -2.31. The van der Waals surface area contributed by atoms with Gasteiger partial charge in [0, 0.05) is 5.69 Å². The van der Waals surface area contributed by atoms with E-state index >= 15 is 0 Å². The molecule has 1 amide bonds. The third-order valence-electron chi connectivity index (χ3n) is 3.31. The molecule has 0 aliphatic carbocycles. The highest BCUT2D eigenvalue weighted by atomic mass is 16.3. The number of aliphatic hydroxyl groups excluding tert-OH is 1. The number of rotatable bonds is 5. The molecule has 1 aromatic heterocycles. The summed E-state index contributed by atoms with van der Waals surface area (Å²) in [6, 6.07) is 9.01. The quantitative estimate of drug-likeness (QED) is 0.878. The average Bonchev–Trinajstić information content (AvgIpc) is 2.52. The van der Waals surface area contributed by atoms with Crippen LogP contribution in [0.5, 0.6) is 0 Å². The van der Waals surface area contributed by atoms with Gasteiger partial charge >= 0.3 is 0 Å². The van der Waals surface area contributed by atoms with Gasteiger partial charge in [0.25, 0.3) is 5.91 Å². The van der Waals surface area contributed by atoms with Crippen LogP contribution in [-0.4, -0.2) is 27.6 Å².